The van der Waals surface area contributed by atoms with E-state index in [0.29, 0.717) is 0 Å². The third kappa shape index (κ3) is 3.38. The summed E-state index contributed by atoms with van der Waals surface area (Å²) in [4.78, 5) is 0. The minimum Gasteiger partial charge on any atom is -0.722 e. The molecule has 0 atom stereocenters. The zero-order chi connectivity index (χ0) is 17.3. The van der Waals surface area contributed by atoms with Crippen molar-refractivity contribution < 1.29 is 21.3 Å². The highest BCUT2D eigenvalue weighted by atomic mass is 32.3. The fraction of sp³-hybridized carbons (Fsp3) is 0.118. The summed E-state index contributed by atoms with van der Waals surface area (Å²) in [7, 11) is -3.65. The van der Waals surface area contributed by atoms with E-state index in [2.05, 4.69) is 47.8 Å². The summed E-state index contributed by atoms with van der Waals surface area (Å²) in [5.41, 5.74) is 5.29. The zero-order valence-electron chi connectivity index (χ0n) is 12.7. The van der Waals surface area contributed by atoms with E-state index >= 15 is 0 Å². The van der Waals surface area contributed by atoms with Crippen molar-refractivity contribution >= 4 is 37.7 Å². The van der Waals surface area contributed by atoms with Crippen LogP contribution in [-0.2, 0) is 16.9 Å². The fourth-order valence-corrected chi connectivity index (χ4v) is 3.89. The molecule has 1 aliphatic rings. The Labute approximate surface area is 142 Å². The molecule has 3 aromatic rings. The summed E-state index contributed by atoms with van der Waals surface area (Å²) in [6.07, 6.45) is 0.886. The molecule has 0 bridgehead atoms. The molecule has 0 fully saturated rings. The van der Waals surface area contributed by atoms with Crippen molar-refractivity contribution in [2.75, 3.05) is 7.11 Å². The molecule has 0 spiro atoms. The Hall–Kier alpha value is -2.09. The van der Waals surface area contributed by atoms with Gasteiger partial charge in [0.1, 0.15) is 0 Å². The van der Waals surface area contributed by atoms with Crippen LogP contribution in [-0.4, -0.2) is 25.9 Å². The number of fused-ring (bicyclic) bond motifs is 5. The second-order valence-corrected chi connectivity index (χ2v) is 6.88. The quantitative estimate of drug-likeness (QED) is 0.345. The standard InChI is InChI=1S/C17H13OS.FHO3S/c1-18-15-10-12-7-6-11-8-9-19-17(11)16(12)14-5-3-2-4-13(14)15;1-5(2,3)4/h2-9H,10H2,1H3;(H,2,3,4)/q+1;/p-1. The first-order valence-corrected chi connectivity index (χ1v) is 9.21. The van der Waals surface area contributed by atoms with E-state index in [1.54, 1.807) is 7.11 Å². The van der Waals surface area contributed by atoms with Crippen molar-refractivity contribution in [1.82, 2.24) is 0 Å². The molecule has 0 saturated heterocycles. The van der Waals surface area contributed by atoms with Gasteiger partial charge in [-0.05, 0) is 34.0 Å². The van der Waals surface area contributed by atoms with E-state index in [1.807, 2.05) is 11.3 Å². The number of benzene rings is 2. The number of hydrogen-bond donors (Lipinski definition) is 0. The monoisotopic (exact) mass is 364 g/mol. The van der Waals surface area contributed by atoms with Gasteiger partial charge in [0.15, 0.2) is 0 Å². The molecule has 1 aliphatic carbocycles. The summed E-state index contributed by atoms with van der Waals surface area (Å²) in [6, 6.07) is 15.2. The van der Waals surface area contributed by atoms with Crippen LogP contribution in [0.3, 0.4) is 0 Å². The van der Waals surface area contributed by atoms with E-state index in [-0.39, 0.29) is 0 Å². The van der Waals surface area contributed by atoms with E-state index in [4.69, 9.17) is 17.4 Å². The van der Waals surface area contributed by atoms with Crippen LogP contribution in [0.2, 0.25) is 0 Å². The summed E-state index contributed by atoms with van der Waals surface area (Å²) in [6.45, 7) is 0. The molecule has 124 valence electrons. The lowest BCUT2D eigenvalue weighted by atomic mass is 9.84. The van der Waals surface area contributed by atoms with Gasteiger partial charge in [-0.2, -0.15) is 0 Å². The lowest BCUT2D eigenvalue weighted by molar-refractivity contribution is -0.225. The number of halogens is 1. The highest BCUT2D eigenvalue weighted by Crippen LogP contribution is 2.40. The third-order valence-electron chi connectivity index (χ3n) is 3.80. The molecule has 0 aliphatic heterocycles. The SMILES string of the molecule is C[O+]=C1Cc2ccc3ccsc3c2-c2ccccc21.O=S(=O)([O-])F. The van der Waals surface area contributed by atoms with Crippen LogP contribution in [0.15, 0.2) is 47.8 Å². The minimum absolute atomic E-state index is 0.886. The molecular formula is C17H13FO4S2. The number of carbonyl (C=O) groups excluding carboxylic acids is 1. The number of rotatable bonds is 0. The first-order valence-electron chi connectivity index (χ1n) is 7.02. The van der Waals surface area contributed by atoms with E-state index in [1.165, 1.54) is 32.3 Å². The summed E-state index contributed by atoms with van der Waals surface area (Å²) in [5, 5.41) is 3.50. The highest BCUT2D eigenvalue weighted by Gasteiger charge is 2.28. The fourth-order valence-electron chi connectivity index (χ4n) is 2.91. The third-order valence-corrected chi connectivity index (χ3v) is 4.75. The number of thiophene rings is 1. The molecule has 24 heavy (non-hydrogen) atoms. The predicted molar refractivity (Wildman–Crippen MR) is 92.0 cm³/mol. The molecule has 4 nitrogen and oxygen atoms in total. The Morgan fingerprint density at radius 3 is 2.46 bits per heavy atom. The van der Waals surface area contributed by atoms with Gasteiger partial charge in [0, 0.05) is 10.3 Å². The Kier molecular flexibility index (Phi) is 4.49. The number of hydrogen-bond acceptors (Lipinski definition) is 4. The topological polar surface area (TPSA) is 68.5 Å². The summed E-state index contributed by atoms with van der Waals surface area (Å²) >= 11 is 1.82. The molecule has 0 amide bonds. The molecule has 7 heteroatoms. The van der Waals surface area contributed by atoms with Crippen LogP contribution >= 0.6 is 11.3 Å². The minimum atomic E-state index is -5.42. The maximum Gasteiger partial charge on any atom is 0.331 e. The van der Waals surface area contributed by atoms with Crippen molar-refractivity contribution in [2.45, 2.75) is 6.42 Å². The number of ketones is 1. The maximum absolute atomic E-state index is 10.1. The van der Waals surface area contributed by atoms with Gasteiger partial charge >= 0.3 is 5.78 Å². The normalized spacial score (nSPS) is 14.7. The van der Waals surface area contributed by atoms with Gasteiger partial charge in [-0.15, -0.1) is 15.2 Å². The molecule has 1 heterocycles. The first kappa shape index (κ1) is 16.8. The van der Waals surface area contributed by atoms with Crippen LogP contribution in [0.25, 0.3) is 21.2 Å². The van der Waals surface area contributed by atoms with E-state index < -0.39 is 10.5 Å². The molecular weight excluding hydrogens is 351 g/mol. The molecule has 4 rings (SSSR count). The van der Waals surface area contributed by atoms with Crippen molar-refractivity contribution in [2.24, 2.45) is 0 Å². The van der Waals surface area contributed by atoms with Crippen LogP contribution in [0, 0.1) is 0 Å². The van der Waals surface area contributed by atoms with Gasteiger partial charge in [0.2, 0.25) is 0 Å². The van der Waals surface area contributed by atoms with Crippen LogP contribution in [0.5, 0.6) is 0 Å². The van der Waals surface area contributed by atoms with Gasteiger partial charge < -0.3 is 4.55 Å². The summed E-state index contributed by atoms with van der Waals surface area (Å²) in [5.74, 6) is 1.07. The molecule has 0 radical (unpaired) electrons. The Morgan fingerprint density at radius 1 is 1.12 bits per heavy atom. The molecule has 0 N–H and O–H groups in total. The first-order chi connectivity index (χ1) is 11.4. The molecule has 1 aromatic heterocycles. The lowest BCUT2D eigenvalue weighted by Crippen LogP contribution is -2.13. The van der Waals surface area contributed by atoms with Crippen molar-refractivity contribution in [1.29, 1.82) is 0 Å². The van der Waals surface area contributed by atoms with Gasteiger partial charge in [-0.25, -0.2) is 8.42 Å². The van der Waals surface area contributed by atoms with Crippen LogP contribution in [0.4, 0.5) is 3.89 Å². The van der Waals surface area contributed by atoms with Gasteiger partial charge in [-0.3, -0.25) is 4.42 Å². The van der Waals surface area contributed by atoms with E-state index in [0.717, 1.165) is 12.2 Å². The Morgan fingerprint density at radius 2 is 1.79 bits per heavy atom. The van der Waals surface area contributed by atoms with Crippen LogP contribution < -0.4 is 0 Å². The zero-order valence-corrected chi connectivity index (χ0v) is 14.3. The average molecular weight is 364 g/mol. The van der Waals surface area contributed by atoms with E-state index in [9.17, 15) is 3.89 Å². The Balaban J connectivity index is 0.000000300. The van der Waals surface area contributed by atoms with Crippen molar-refractivity contribution in [3.8, 4) is 11.1 Å². The van der Waals surface area contributed by atoms with Crippen molar-refractivity contribution in [3.05, 3.63) is 59.0 Å². The highest BCUT2D eigenvalue weighted by molar-refractivity contribution is 7.80. The second kappa shape index (κ2) is 6.43. The van der Waals surface area contributed by atoms with Gasteiger partial charge in [0.25, 0.3) is 17.6 Å². The Bertz CT molecular complexity index is 1030. The largest absolute Gasteiger partial charge is 0.722 e. The predicted octanol–water partition coefficient (Wildman–Crippen LogP) is 3.89. The average Bonchev–Trinajstić information content (AvgIpc) is 3.00. The van der Waals surface area contributed by atoms with Crippen molar-refractivity contribution in [3.63, 3.8) is 0 Å². The smallest absolute Gasteiger partial charge is 0.331 e. The molecule has 0 saturated carbocycles. The molecule has 2 aromatic carbocycles. The maximum atomic E-state index is 10.1. The summed E-state index contributed by atoms with van der Waals surface area (Å²) < 4.78 is 42.3. The second-order valence-electron chi connectivity index (χ2n) is 5.18. The molecule has 0 unspecified atom stereocenters. The van der Waals surface area contributed by atoms with Crippen LogP contribution in [0.1, 0.15) is 15.6 Å². The van der Waals surface area contributed by atoms with Gasteiger partial charge in [-0.1, -0.05) is 30.3 Å². The lowest BCUT2D eigenvalue weighted by Gasteiger charge is -2.17. The van der Waals surface area contributed by atoms with Gasteiger partial charge in [0.05, 0.1) is 12.0 Å².